The van der Waals surface area contributed by atoms with Crippen molar-refractivity contribution >= 4 is 17.5 Å². The zero-order valence-corrected chi connectivity index (χ0v) is 16.9. The normalized spacial score (nSPS) is 12.0. The van der Waals surface area contributed by atoms with Crippen LogP contribution in [-0.4, -0.2) is 21.4 Å². The Kier molecular flexibility index (Phi) is 6.53. The summed E-state index contributed by atoms with van der Waals surface area (Å²) < 4.78 is 15.3. The molecule has 1 heterocycles. The van der Waals surface area contributed by atoms with Crippen LogP contribution >= 0.6 is 11.6 Å². The molecule has 5 heteroatoms. The molecule has 0 aliphatic rings. The largest absolute Gasteiger partial charge is 0.345 e. The minimum atomic E-state index is -0.347. The van der Waals surface area contributed by atoms with E-state index < -0.39 is 0 Å². The van der Waals surface area contributed by atoms with E-state index in [4.69, 9.17) is 11.6 Å². The molecule has 0 unspecified atom stereocenters. The zero-order valence-electron chi connectivity index (χ0n) is 16.1. The molecule has 0 saturated carbocycles. The molecule has 0 spiro atoms. The molecule has 0 radical (unpaired) electrons. The smallest absolute Gasteiger partial charge is 0.254 e. The number of carbonyl (C=O) groups excluding carboxylic acids is 1. The van der Waals surface area contributed by atoms with Gasteiger partial charge in [0.25, 0.3) is 5.91 Å². The highest BCUT2D eigenvalue weighted by Gasteiger charge is 2.22. The maximum absolute atomic E-state index is 13.2. The molecule has 146 valence electrons. The van der Waals surface area contributed by atoms with Gasteiger partial charge in [-0.3, -0.25) is 4.79 Å². The molecule has 0 fully saturated rings. The summed E-state index contributed by atoms with van der Waals surface area (Å²) in [7, 11) is 0. The van der Waals surface area contributed by atoms with Crippen LogP contribution in [0.25, 0.3) is 0 Å². The van der Waals surface area contributed by atoms with Gasteiger partial charge in [-0.15, -0.1) is 0 Å². The summed E-state index contributed by atoms with van der Waals surface area (Å²) in [4.78, 5) is 14.9. The minimum Gasteiger partial charge on any atom is -0.345 e. The van der Waals surface area contributed by atoms with Crippen LogP contribution in [0.4, 0.5) is 4.39 Å². The molecule has 1 atom stereocenters. The fraction of sp³-hybridized carbons (Fsp3) is 0.261. The predicted octanol–water partition coefficient (Wildman–Crippen LogP) is 5.77. The first-order chi connectivity index (χ1) is 13.5. The SMILES string of the molecule is CC[C@@H](C)N(Cc1cccn1Cc1ccccc1Cl)C(=O)c1ccc(F)cc1. The van der Waals surface area contributed by atoms with Gasteiger partial charge in [-0.1, -0.05) is 36.7 Å². The van der Waals surface area contributed by atoms with Gasteiger partial charge >= 0.3 is 0 Å². The van der Waals surface area contributed by atoms with Crippen molar-refractivity contribution in [2.24, 2.45) is 0 Å². The molecule has 0 bridgehead atoms. The van der Waals surface area contributed by atoms with Gasteiger partial charge in [0.15, 0.2) is 0 Å². The Morgan fingerprint density at radius 3 is 2.50 bits per heavy atom. The first kappa shape index (κ1) is 20.2. The molecule has 1 aromatic heterocycles. The highest BCUT2D eigenvalue weighted by Crippen LogP contribution is 2.20. The lowest BCUT2D eigenvalue weighted by atomic mass is 10.1. The molecule has 3 nitrogen and oxygen atoms in total. The predicted molar refractivity (Wildman–Crippen MR) is 111 cm³/mol. The third-order valence-corrected chi connectivity index (χ3v) is 5.40. The van der Waals surface area contributed by atoms with Gasteiger partial charge in [0, 0.05) is 35.1 Å². The van der Waals surface area contributed by atoms with E-state index in [-0.39, 0.29) is 17.8 Å². The first-order valence-electron chi connectivity index (χ1n) is 9.43. The Morgan fingerprint density at radius 1 is 1.11 bits per heavy atom. The van der Waals surface area contributed by atoms with Crippen molar-refractivity contribution in [3.05, 3.63) is 94.5 Å². The number of benzene rings is 2. The molecule has 3 rings (SSSR count). The maximum Gasteiger partial charge on any atom is 0.254 e. The molecule has 0 saturated heterocycles. The van der Waals surface area contributed by atoms with Crippen LogP contribution < -0.4 is 0 Å². The zero-order chi connectivity index (χ0) is 20.1. The Bertz CT molecular complexity index is 936. The summed E-state index contributed by atoms with van der Waals surface area (Å²) in [6.45, 7) is 5.20. The van der Waals surface area contributed by atoms with Gasteiger partial charge in [0.1, 0.15) is 5.82 Å². The summed E-state index contributed by atoms with van der Waals surface area (Å²) >= 11 is 6.31. The standard InChI is InChI=1S/C23H24ClFN2O/c1-3-17(2)27(23(28)18-10-12-20(25)13-11-18)16-21-8-6-14-26(21)15-19-7-4-5-9-22(19)24/h4-14,17H,3,15-16H2,1-2H3/t17-/m1/s1. The average molecular weight is 399 g/mol. The Labute approximate surface area is 170 Å². The number of rotatable bonds is 7. The van der Waals surface area contributed by atoms with E-state index in [0.29, 0.717) is 18.7 Å². The fourth-order valence-electron chi connectivity index (χ4n) is 3.14. The van der Waals surface area contributed by atoms with Crippen molar-refractivity contribution in [2.45, 2.75) is 39.4 Å². The van der Waals surface area contributed by atoms with E-state index in [1.807, 2.05) is 54.4 Å². The second-order valence-corrected chi connectivity index (χ2v) is 7.32. The van der Waals surface area contributed by atoms with Gasteiger partial charge in [0.05, 0.1) is 6.54 Å². The summed E-state index contributed by atoms with van der Waals surface area (Å²) in [5, 5.41) is 0.725. The van der Waals surface area contributed by atoms with Crippen LogP contribution in [0, 0.1) is 5.82 Å². The molecule has 1 amide bonds. The Morgan fingerprint density at radius 2 is 1.82 bits per heavy atom. The number of nitrogens with zero attached hydrogens (tertiary/aromatic N) is 2. The Balaban J connectivity index is 1.84. The summed E-state index contributed by atoms with van der Waals surface area (Å²) in [5.74, 6) is -0.444. The van der Waals surface area contributed by atoms with Gasteiger partial charge in [-0.2, -0.15) is 0 Å². The van der Waals surface area contributed by atoms with Crippen molar-refractivity contribution in [1.82, 2.24) is 9.47 Å². The third kappa shape index (κ3) is 4.63. The molecule has 0 aliphatic heterocycles. The monoisotopic (exact) mass is 398 g/mol. The van der Waals surface area contributed by atoms with Crippen LogP contribution in [-0.2, 0) is 13.1 Å². The van der Waals surface area contributed by atoms with Gasteiger partial charge < -0.3 is 9.47 Å². The van der Waals surface area contributed by atoms with E-state index in [9.17, 15) is 9.18 Å². The van der Waals surface area contributed by atoms with Crippen LogP contribution in [0.15, 0.2) is 66.9 Å². The first-order valence-corrected chi connectivity index (χ1v) is 9.81. The van der Waals surface area contributed by atoms with Crippen LogP contribution in [0.3, 0.4) is 0 Å². The number of aromatic nitrogens is 1. The molecule has 28 heavy (non-hydrogen) atoms. The molecule has 3 aromatic rings. The second-order valence-electron chi connectivity index (χ2n) is 6.92. The van der Waals surface area contributed by atoms with E-state index in [1.165, 1.54) is 24.3 Å². The van der Waals surface area contributed by atoms with Crippen molar-refractivity contribution in [2.75, 3.05) is 0 Å². The van der Waals surface area contributed by atoms with Gasteiger partial charge in [0.2, 0.25) is 0 Å². The highest BCUT2D eigenvalue weighted by molar-refractivity contribution is 6.31. The van der Waals surface area contributed by atoms with E-state index >= 15 is 0 Å². The molecule has 0 aliphatic carbocycles. The minimum absolute atomic E-state index is 0.0567. The number of hydrogen-bond acceptors (Lipinski definition) is 1. The maximum atomic E-state index is 13.2. The molecular formula is C23H24ClFN2O. The number of carbonyl (C=O) groups is 1. The summed E-state index contributed by atoms with van der Waals surface area (Å²) in [5.41, 5.74) is 2.54. The number of amides is 1. The molecule has 2 aromatic carbocycles. The van der Waals surface area contributed by atoms with Crippen LogP contribution in [0.2, 0.25) is 5.02 Å². The van der Waals surface area contributed by atoms with Crippen LogP contribution in [0.1, 0.15) is 41.9 Å². The van der Waals surface area contributed by atoms with Crippen molar-refractivity contribution in [3.63, 3.8) is 0 Å². The lowest BCUT2D eigenvalue weighted by molar-refractivity contribution is 0.0667. The third-order valence-electron chi connectivity index (χ3n) is 5.03. The van der Waals surface area contributed by atoms with Crippen LogP contribution in [0.5, 0.6) is 0 Å². The number of halogens is 2. The number of hydrogen-bond donors (Lipinski definition) is 0. The lowest BCUT2D eigenvalue weighted by Gasteiger charge is -2.29. The van der Waals surface area contributed by atoms with E-state index in [1.54, 1.807) is 0 Å². The fourth-order valence-corrected chi connectivity index (χ4v) is 3.33. The average Bonchev–Trinajstić information content (AvgIpc) is 3.14. The second kappa shape index (κ2) is 9.07. The van der Waals surface area contributed by atoms with Crippen molar-refractivity contribution in [1.29, 1.82) is 0 Å². The lowest BCUT2D eigenvalue weighted by Crippen LogP contribution is -2.38. The topological polar surface area (TPSA) is 25.2 Å². The van der Waals surface area contributed by atoms with E-state index in [0.717, 1.165) is 22.7 Å². The highest BCUT2D eigenvalue weighted by atomic mass is 35.5. The summed E-state index contributed by atoms with van der Waals surface area (Å²) in [6, 6.07) is 17.5. The van der Waals surface area contributed by atoms with E-state index in [2.05, 4.69) is 11.5 Å². The molecule has 0 N–H and O–H groups in total. The van der Waals surface area contributed by atoms with Gasteiger partial charge in [-0.05, 0) is 61.4 Å². The summed E-state index contributed by atoms with van der Waals surface area (Å²) in [6.07, 6.45) is 2.83. The Hall–Kier alpha value is -2.59. The quantitative estimate of drug-likeness (QED) is 0.496. The molecular weight excluding hydrogens is 375 g/mol. The van der Waals surface area contributed by atoms with Crippen molar-refractivity contribution in [3.8, 4) is 0 Å². The van der Waals surface area contributed by atoms with Crippen molar-refractivity contribution < 1.29 is 9.18 Å². The van der Waals surface area contributed by atoms with Gasteiger partial charge in [-0.25, -0.2) is 4.39 Å².